The van der Waals surface area contributed by atoms with Crippen molar-refractivity contribution in [2.75, 3.05) is 11.9 Å². The van der Waals surface area contributed by atoms with E-state index in [0.717, 1.165) is 35.0 Å². The predicted molar refractivity (Wildman–Crippen MR) is 107 cm³/mol. The zero-order valence-electron chi connectivity index (χ0n) is 15.5. The first-order chi connectivity index (χ1) is 13.8. The van der Waals surface area contributed by atoms with Gasteiger partial charge in [0.25, 0.3) is 12.9 Å². The number of anilines is 1. The van der Waals surface area contributed by atoms with E-state index in [1.54, 1.807) is 6.20 Å². The standard InChI is InChI=1S/C11H13NO2.C11H9NO2/c2*13-8-14-7-9-3-4-11-10(6-9)2-1-5-12-11/h3-4,6,8,12H,1-2,5,7H2;1-6,8H,7H2. The molecule has 4 rings (SSSR count). The minimum absolute atomic E-state index is 0.314. The van der Waals surface area contributed by atoms with Crippen molar-refractivity contribution in [3.05, 3.63) is 71.4 Å². The number of pyridine rings is 1. The van der Waals surface area contributed by atoms with Crippen LogP contribution in [-0.2, 0) is 38.7 Å². The molecule has 0 fully saturated rings. The molecular weight excluding hydrogens is 356 g/mol. The number of aryl methyl sites for hydroxylation is 1. The van der Waals surface area contributed by atoms with Gasteiger partial charge in [-0.15, -0.1) is 0 Å². The molecule has 2 heterocycles. The molecule has 0 saturated heterocycles. The van der Waals surface area contributed by atoms with Gasteiger partial charge in [-0.3, -0.25) is 14.6 Å². The number of rotatable bonds is 6. The van der Waals surface area contributed by atoms with Gasteiger partial charge in [0.05, 0.1) is 5.52 Å². The SMILES string of the molecule is O=COCc1ccc2c(c1)CCCN2.O=COCc1ccc2ncccc2c1. The van der Waals surface area contributed by atoms with Gasteiger partial charge < -0.3 is 14.8 Å². The predicted octanol–water partition coefficient (Wildman–Crippen LogP) is 3.63. The summed E-state index contributed by atoms with van der Waals surface area (Å²) in [5, 5.41) is 4.39. The zero-order chi connectivity index (χ0) is 19.6. The Morgan fingerprint density at radius 2 is 1.71 bits per heavy atom. The van der Waals surface area contributed by atoms with Crippen molar-refractivity contribution in [2.45, 2.75) is 26.1 Å². The largest absolute Gasteiger partial charge is 0.463 e. The summed E-state index contributed by atoms with van der Waals surface area (Å²) in [6.07, 6.45) is 4.03. The van der Waals surface area contributed by atoms with Gasteiger partial charge in [0.1, 0.15) is 13.2 Å². The second-order valence-corrected chi connectivity index (χ2v) is 6.37. The Bertz CT molecular complexity index is 943. The Morgan fingerprint density at radius 1 is 0.964 bits per heavy atom. The molecule has 0 amide bonds. The number of fused-ring (bicyclic) bond motifs is 2. The Kier molecular flexibility index (Phi) is 6.95. The normalized spacial score (nSPS) is 12.0. The number of ether oxygens (including phenoxy) is 2. The fourth-order valence-corrected chi connectivity index (χ4v) is 3.09. The minimum atomic E-state index is 0.314. The molecule has 1 aliphatic rings. The molecule has 0 unspecified atom stereocenters. The van der Waals surface area contributed by atoms with Crippen LogP contribution in [0.25, 0.3) is 10.9 Å². The molecule has 0 aliphatic carbocycles. The molecular formula is C22H22N2O4. The van der Waals surface area contributed by atoms with Gasteiger partial charge in [-0.1, -0.05) is 24.3 Å². The second kappa shape index (κ2) is 10.1. The van der Waals surface area contributed by atoms with E-state index in [0.29, 0.717) is 26.2 Å². The minimum Gasteiger partial charge on any atom is -0.463 e. The molecule has 0 saturated carbocycles. The van der Waals surface area contributed by atoms with E-state index in [4.69, 9.17) is 4.74 Å². The fourth-order valence-electron chi connectivity index (χ4n) is 3.09. The lowest BCUT2D eigenvalue weighted by Crippen LogP contribution is -2.11. The van der Waals surface area contributed by atoms with Crippen molar-refractivity contribution in [3.63, 3.8) is 0 Å². The molecule has 6 nitrogen and oxygen atoms in total. The summed E-state index contributed by atoms with van der Waals surface area (Å²) < 4.78 is 9.38. The van der Waals surface area contributed by atoms with Crippen LogP contribution in [-0.4, -0.2) is 24.5 Å². The summed E-state index contributed by atoms with van der Waals surface area (Å²) in [4.78, 5) is 24.2. The molecule has 0 spiro atoms. The Morgan fingerprint density at radius 3 is 2.50 bits per heavy atom. The van der Waals surface area contributed by atoms with Gasteiger partial charge in [-0.25, -0.2) is 0 Å². The average molecular weight is 378 g/mol. The van der Waals surface area contributed by atoms with Crippen LogP contribution in [0.1, 0.15) is 23.1 Å². The zero-order valence-corrected chi connectivity index (χ0v) is 15.5. The van der Waals surface area contributed by atoms with E-state index >= 15 is 0 Å². The molecule has 1 aromatic heterocycles. The van der Waals surface area contributed by atoms with Crippen LogP contribution in [0.5, 0.6) is 0 Å². The van der Waals surface area contributed by atoms with Crippen LogP contribution >= 0.6 is 0 Å². The lowest BCUT2D eigenvalue weighted by atomic mass is 10.0. The van der Waals surface area contributed by atoms with E-state index in [-0.39, 0.29) is 0 Å². The highest BCUT2D eigenvalue weighted by molar-refractivity contribution is 5.78. The first kappa shape index (κ1) is 19.4. The third-order valence-corrected chi connectivity index (χ3v) is 4.41. The van der Waals surface area contributed by atoms with Crippen LogP contribution < -0.4 is 5.32 Å². The Labute approximate surface area is 163 Å². The lowest BCUT2D eigenvalue weighted by Gasteiger charge is -2.18. The molecule has 0 bridgehead atoms. The second-order valence-electron chi connectivity index (χ2n) is 6.37. The van der Waals surface area contributed by atoms with E-state index in [9.17, 15) is 9.59 Å². The molecule has 6 heteroatoms. The van der Waals surface area contributed by atoms with E-state index in [1.807, 2.05) is 36.4 Å². The van der Waals surface area contributed by atoms with E-state index in [2.05, 4.69) is 27.2 Å². The summed E-state index contributed by atoms with van der Waals surface area (Å²) in [6.45, 7) is 2.67. The number of carbonyl (C=O) groups excluding carboxylic acids is 2. The average Bonchev–Trinajstić information content (AvgIpc) is 2.76. The summed E-state index contributed by atoms with van der Waals surface area (Å²) in [5.74, 6) is 0. The molecule has 144 valence electrons. The van der Waals surface area contributed by atoms with Crippen molar-refractivity contribution < 1.29 is 19.1 Å². The number of nitrogens with one attached hydrogen (secondary N) is 1. The topological polar surface area (TPSA) is 77.5 Å². The monoisotopic (exact) mass is 378 g/mol. The smallest absolute Gasteiger partial charge is 0.293 e. The molecule has 1 N–H and O–H groups in total. The molecule has 3 aromatic rings. The summed E-state index contributed by atoms with van der Waals surface area (Å²) in [6, 6.07) is 15.8. The highest BCUT2D eigenvalue weighted by Gasteiger charge is 2.08. The summed E-state index contributed by atoms with van der Waals surface area (Å²) in [7, 11) is 0. The Balaban J connectivity index is 0.000000161. The number of aromatic nitrogens is 1. The summed E-state index contributed by atoms with van der Waals surface area (Å²) >= 11 is 0. The third kappa shape index (κ3) is 5.30. The van der Waals surface area contributed by atoms with E-state index < -0.39 is 0 Å². The first-order valence-electron chi connectivity index (χ1n) is 9.10. The van der Waals surface area contributed by atoms with Gasteiger partial charge in [-0.05, 0) is 53.8 Å². The number of hydrogen-bond donors (Lipinski definition) is 1. The van der Waals surface area contributed by atoms with E-state index in [1.165, 1.54) is 17.7 Å². The number of hydrogen-bond acceptors (Lipinski definition) is 6. The fraction of sp³-hybridized carbons (Fsp3) is 0.227. The maximum atomic E-state index is 10.0. The number of benzene rings is 2. The van der Waals surface area contributed by atoms with Crippen molar-refractivity contribution >= 4 is 29.5 Å². The highest BCUT2D eigenvalue weighted by atomic mass is 16.5. The lowest BCUT2D eigenvalue weighted by molar-refractivity contribution is -0.130. The van der Waals surface area contributed by atoms with Crippen molar-refractivity contribution in [3.8, 4) is 0 Å². The maximum Gasteiger partial charge on any atom is 0.293 e. The van der Waals surface area contributed by atoms with Crippen LogP contribution in [0.3, 0.4) is 0 Å². The van der Waals surface area contributed by atoms with Gasteiger partial charge in [0, 0.05) is 23.8 Å². The van der Waals surface area contributed by atoms with Gasteiger partial charge in [0.2, 0.25) is 0 Å². The quantitative estimate of drug-likeness (QED) is 0.660. The third-order valence-electron chi connectivity index (χ3n) is 4.41. The van der Waals surface area contributed by atoms with Crippen LogP contribution in [0.2, 0.25) is 0 Å². The van der Waals surface area contributed by atoms with Crippen molar-refractivity contribution in [2.24, 2.45) is 0 Å². The number of carbonyl (C=O) groups is 2. The van der Waals surface area contributed by atoms with Gasteiger partial charge in [-0.2, -0.15) is 0 Å². The molecule has 2 aromatic carbocycles. The van der Waals surface area contributed by atoms with Crippen molar-refractivity contribution in [1.29, 1.82) is 0 Å². The Hall–Kier alpha value is -3.41. The first-order valence-corrected chi connectivity index (χ1v) is 9.10. The van der Waals surface area contributed by atoms with Gasteiger partial charge in [0.15, 0.2) is 0 Å². The molecule has 28 heavy (non-hydrogen) atoms. The van der Waals surface area contributed by atoms with Crippen molar-refractivity contribution in [1.82, 2.24) is 4.98 Å². The number of nitrogens with zero attached hydrogens (tertiary/aromatic N) is 1. The van der Waals surface area contributed by atoms with Crippen LogP contribution in [0.15, 0.2) is 54.7 Å². The maximum absolute atomic E-state index is 10.0. The molecule has 0 atom stereocenters. The molecule has 0 radical (unpaired) electrons. The van der Waals surface area contributed by atoms with Crippen LogP contribution in [0, 0.1) is 0 Å². The summed E-state index contributed by atoms with van der Waals surface area (Å²) in [5.41, 5.74) is 5.51. The highest BCUT2D eigenvalue weighted by Crippen LogP contribution is 2.23. The van der Waals surface area contributed by atoms with Gasteiger partial charge >= 0.3 is 0 Å². The molecule has 1 aliphatic heterocycles. The van der Waals surface area contributed by atoms with Crippen LogP contribution in [0.4, 0.5) is 5.69 Å².